The van der Waals surface area contributed by atoms with Gasteiger partial charge in [0.25, 0.3) is 5.78 Å². The minimum atomic E-state index is -1.28. The standard InChI is InChI=1S/C20H28N2O4/c1-5-11-22(18(24)17(23)20(3,4)6-2)12-9-15(16(22)19(25)26)14-8-7-10-21-13-14/h7-8,10,13,15-16H,5-6,9,11-12H2,1-4H3. The molecule has 3 atom stereocenters. The molecule has 6 nitrogen and oxygen atoms in total. The lowest BCUT2D eigenvalue weighted by Crippen LogP contribution is -2.65. The van der Waals surface area contributed by atoms with Gasteiger partial charge in [0.15, 0.2) is 0 Å². The van der Waals surface area contributed by atoms with E-state index in [1.54, 1.807) is 32.3 Å². The summed E-state index contributed by atoms with van der Waals surface area (Å²) in [5.74, 6) is -2.76. The average Bonchev–Trinajstić information content (AvgIpc) is 3.02. The van der Waals surface area contributed by atoms with Crippen molar-refractivity contribution in [2.24, 2.45) is 5.41 Å². The van der Waals surface area contributed by atoms with Crippen LogP contribution in [0.1, 0.15) is 58.4 Å². The Morgan fingerprint density at radius 2 is 2.00 bits per heavy atom. The van der Waals surface area contributed by atoms with Crippen LogP contribution in [-0.4, -0.2) is 46.3 Å². The molecule has 0 radical (unpaired) electrons. The number of amides is 1. The topological polar surface area (TPSA) is 87.2 Å². The van der Waals surface area contributed by atoms with Gasteiger partial charge in [0, 0.05) is 30.1 Å². The monoisotopic (exact) mass is 360 g/mol. The van der Waals surface area contributed by atoms with Gasteiger partial charge in [0.1, 0.15) is 12.0 Å². The maximum atomic E-state index is 13.3. The summed E-state index contributed by atoms with van der Waals surface area (Å²) in [6, 6.07) is 2.51. The predicted octanol–water partition coefficient (Wildman–Crippen LogP) is 1.45. The van der Waals surface area contributed by atoms with Crippen molar-refractivity contribution in [2.45, 2.75) is 58.9 Å². The summed E-state index contributed by atoms with van der Waals surface area (Å²) in [5, 5.41) is 12.1. The van der Waals surface area contributed by atoms with Gasteiger partial charge in [-0.1, -0.05) is 33.8 Å². The largest absolute Gasteiger partial charge is 0.544 e. The number of hydrogen-bond donors (Lipinski definition) is 0. The van der Waals surface area contributed by atoms with E-state index in [0.717, 1.165) is 5.56 Å². The number of rotatable bonds is 7. The maximum absolute atomic E-state index is 13.3. The lowest BCUT2D eigenvalue weighted by Gasteiger charge is -2.40. The Morgan fingerprint density at radius 3 is 2.50 bits per heavy atom. The third kappa shape index (κ3) is 3.43. The van der Waals surface area contributed by atoms with E-state index < -0.39 is 29.1 Å². The number of carboxylic acid groups (broad SMARTS) is 1. The number of nitrogens with zero attached hydrogens (tertiary/aromatic N) is 2. The molecule has 1 amide bonds. The van der Waals surface area contributed by atoms with Crippen LogP contribution in [0.5, 0.6) is 0 Å². The van der Waals surface area contributed by atoms with Crippen molar-refractivity contribution in [1.82, 2.24) is 4.98 Å². The van der Waals surface area contributed by atoms with Crippen LogP contribution in [0.3, 0.4) is 0 Å². The molecule has 1 aromatic heterocycles. The molecule has 142 valence electrons. The number of aliphatic carboxylic acids is 1. The molecule has 0 saturated carbocycles. The van der Waals surface area contributed by atoms with Crippen LogP contribution in [0.25, 0.3) is 0 Å². The molecule has 1 aliphatic rings. The highest BCUT2D eigenvalue weighted by molar-refractivity contribution is 6.35. The molecule has 1 aliphatic heterocycles. The van der Waals surface area contributed by atoms with Crippen molar-refractivity contribution in [2.75, 3.05) is 13.1 Å². The van der Waals surface area contributed by atoms with E-state index in [-0.39, 0.29) is 10.4 Å². The Balaban J connectivity index is 2.50. The molecule has 1 saturated heterocycles. The van der Waals surface area contributed by atoms with Crippen LogP contribution in [0.4, 0.5) is 0 Å². The summed E-state index contributed by atoms with van der Waals surface area (Å²) >= 11 is 0. The highest BCUT2D eigenvalue weighted by Crippen LogP contribution is 2.40. The summed E-state index contributed by atoms with van der Waals surface area (Å²) in [7, 11) is 0. The molecular weight excluding hydrogens is 332 g/mol. The first-order valence-corrected chi connectivity index (χ1v) is 9.28. The number of pyridine rings is 1. The van der Waals surface area contributed by atoms with Crippen molar-refractivity contribution in [1.29, 1.82) is 0 Å². The van der Waals surface area contributed by atoms with Crippen LogP contribution in [0, 0.1) is 5.41 Å². The number of Topliss-reactive ketones (excluding diaryl/α,β-unsaturated/α-hetero) is 1. The third-order valence-electron chi connectivity index (χ3n) is 5.83. The smallest absolute Gasteiger partial charge is 0.382 e. The molecule has 0 aromatic carbocycles. The molecular formula is C20H28N2O4. The van der Waals surface area contributed by atoms with Crippen molar-refractivity contribution in [3.05, 3.63) is 30.1 Å². The molecule has 1 fully saturated rings. The van der Waals surface area contributed by atoms with Crippen molar-refractivity contribution >= 4 is 17.7 Å². The fourth-order valence-corrected chi connectivity index (χ4v) is 3.95. The summed E-state index contributed by atoms with van der Waals surface area (Å²) < 4.78 is -0.347. The van der Waals surface area contributed by atoms with Crippen LogP contribution in [0.15, 0.2) is 24.5 Å². The van der Waals surface area contributed by atoms with Crippen molar-refractivity contribution in [3.63, 3.8) is 0 Å². The van der Waals surface area contributed by atoms with Crippen molar-refractivity contribution < 1.29 is 24.0 Å². The average molecular weight is 360 g/mol. The first-order valence-electron chi connectivity index (χ1n) is 9.28. The Bertz CT molecular complexity index is 686. The number of carbonyl (C=O) groups is 3. The van der Waals surface area contributed by atoms with E-state index >= 15 is 0 Å². The van der Waals surface area contributed by atoms with E-state index in [9.17, 15) is 19.5 Å². The fraction of sp³-hybridized carbons (Fsp3) is 0.600. The van der Waals surface area contributed by atoms with Gasteiger partial charge in [-0.05, 0) is 24.5 Å². The lowest BCUT2D eigenvalue weighted by atomic mass is 9.83. The second-order valence-corrected chi connectivity index (χ2v) is 7.80. The zero-order valence-corrected chi connectivity index (χ0v) is 16.0. The number of likely N-dealkylation sites (tertiary alicyclic amines) is 1. The van der Waals surface area contributed by atoms with Gasteiger partial charge in [-0.3, -0.25) is 9.78 Å². The second kappa shape index (κ2) is 7.66. The third-order valence-corrected chi connectivity index (χ3v) is 5.83. The van der Waals surface area contributed by atoms with Gasteiger partial charge in [-0.2, -0.15) is 0 Å². The zero-order valence-electron chi connectivity index (χ0n) is 16.0. The minimum Gasteiger partial charge on any atom is -0.544 e. The number of carbonyl (C=O) groups excluding carboxylic acids is 3. The van der Waals surface area contributed by atoms with Crippen molar-refractivity contribution in [3.8, 4) is 0 Å². The normalized spacial score (nSPS) is 25.8. The van der Waals surface area contributed by atoms with Crippen LogP contribution in [0.2, 0.25) is 0 Å². The molecule has 1 aromatic rings. The Kier molecular flexibility index (Phi) is 5.96. The Labute approximate surface area is 154 Å². The van der Waals surface area contributed by atoms with E-state index in [0.29, 0.717) is 32.4 Å². The molecule has 26 heavy (non-hydrogen) atoms. The highest BCUT2D eigenvalue weighted by Gasteiger charge is 2.57. The molecule has 6 heteroatoms. The van der Waals surface area contributed by atoms with Gasteiger partial charge in [0.2, 0.25) is 0 Å². The van der Waals surface area contributed by atoms with Gasteiger partial charge in [-0.15, -0.1) is 0 Å². The molecule has 2 heterocycles. The number of quaternary nitrogens is 1. The van der Waals surface area contributed by atoms with Crippen LogP contribution < -0.4 is 5.11 Å². The second-order valence-electron chi connectivity index (χ2n) is 7.80. The fourth-order valence-electron chi connectivity index (χ4n) is 3.95. The summed E-state index contributed by atoms with van der Waals surface area (Å²) in [6.45, 7) is 7.87. The molecule has 3 unspecified atom stereocenters. The maximum Gasteiger partial charge on any atom is 0.382 e. The first-order chi connectivity index (χ1) is 12.2. The number of aromatic nitrogens is 1. The minimum absolute atomic E-state index is 0.319. The number of carboxylic acids is 1. The van der Waals surface area contributed by atoms with Gasteiger partial charge in [0.05, 0.1) is 13.1 Å². The SMILES string of the molecule is CCC[N+]1(C(=O)C(=O)C(C)(C)CC)CCC(c2cccnc2)C1C(=O)[O-]. The first kappa shape index (κ1) is 20.2. The van der Waals surface area contributed by atoms with Crippen LogP contribution in [-0.2, 0) is 14.4 Å². The Hall–Kier alpha value is -2.08. The molecule has 0 N–H and O–H groups in total. The molecule has 2 rings (SSSR count). The summed E-state index contributed by atoms with van der Waals surface area (Å²) in [4.78, 5) is 42.3. The lowest BCUT2D eigenvalue weighted by molar-refractivity contribution is -0.858. The number of ketones is 1. The molecule has 0 spiro atoms. The quantitative estimate of drug-likeness (QED) is 0.542. The van der Waals surface area contributed by atoms with Crippen LogP contribution >= 0.6 is 0 Å². The highest BCUT2D eigenvalue weighted by atomic mass is 16.4. The van der Waals surface area contributed by atoms with Gasteiger partial charge in [-0.25, -0.2) is 9.28 Å². The number of hydrogen-bond acceptors (Lipinski definition) is 5. The van der Waals surface area contributed by atoms with Gasteiger partial charge < -0.3 is 9.90 Å². The summed E-state index contributed by atoms with van der Waals surface area (Å²) in [5.41, 5.74) is -0.0355. The van der Waals surface area contributed by atoms with E-state index in [2.05, 4.69) is 4.98 Å². The molecule has 0 bridgehead atoms. The van der Waals surface area contributed by atoms with E-state index in [4.69, 9.17) is 0 Å². The Morgan fingerprint density at radius 1 is 1.31 bits per heavy atom. The molecule has 0 aliphatic carbocycles. The zero-order chi connectivity index (χ0) is 19.5. The van der Waals surface area contributed by atoms with E-state index in [1.807, 2.05) is 19.9 Å². The van der Waals surface area contributed by atoms with E-state index in [1.165, 1.54) is 0 Å². The van der Waals surface area contributed by atoms with Gasteiger partial charge >= 0.3 is 5.91 Å². The predicted molar refractivity (Wildman–Crippen MR) is 94.8 cm³/mol. The summed E-state index contributed by atoms with van der Waals surface area (Å²) in [6.07, 6.45) is 4.89.